The standard InChI is InChI=1S/C27H22ClIN2O4/c1-2-34-25-12-17(11-23(29)26(25)35-16-20-9-5-6-10-22(20)28)15-30-31-27(33)21-13-18-7-3-4-8-19(18)14-24(21)32/h3-15,32H,2,16H2,1H3,(H,31,33). The van der Waals surface area contributed by atoms with Crippen LogP contribution in [0.25, 0.3) is 10.8 Å². The Hall–Kier alpha value is -3.30. The summed E-state index contributed by atoms with van der Waals surface area (Å²) < 4.78 is 12.6. The lowest BCUT2D eigenvalue weighted by atomic mass is 10.1. The summed E-state index contributed by atoms with van der Waals surface area (Å²) in [7, 11) is 0. The lowest BCUT2D eigenvalue weighted by molar-refractivity contribution is 0.0952. The summed E-state index contributed by atoms with van der Waals surface area (Å²) in [6.07, 6.45) is 1.51. The van der Waals surface area contributed by atoms with Gasteiger partial charge in [-0.15, -0.1) is 0 Å². The van der Waals surface area contributed by atoms with Crippen molar-refractivity contribution in [1.82, 2.24) is 5.43 Å². The smallest absolute Gasteiger partial charge is 0.275 e. The first-order chi connectivity index (χ1) is 17.0. The van der Waals surface area contributed by atoms with E-state index in [1.807, 2.05) is 61.5 Å². The highest BCUT2D eigenvalue weighted by atomic mass is 127. The molecular formula is C27H22ClIN2O4. The quantitative estimate of drug-likeness (QED) is 0.137. The Morgan fingerprint density at radius 3 is 2.51 bits per heavy atom. The van der Waals surface area contributed by atoms with Crippen LogP contribution in [0, 0.1) is 3.57 Å². The Morgan fingerprint density at radius 1 is 1.06 bits per heavy atom. The number of rotatable bonds is 8. The number of phenols is 1. The first-order valence-electron chi connectivity index (χ1n) is 10.8. The molecule has 4 aromatic rings. The topological polar surface area (TPSA) is 80.2 Å². The monoisotopic (exact) mass is 600 g/mol. The first kappa shape index (κ1) is 24.8. The number of benzene rings is 4. The molecule has 2 N–H and O–H groups in total. The zero-order valence-corrected chi connectivity index (χ0v) is 21.7. The van der Waals surface area contributed by atoms with Crippen molar-refractivity contribution in [3.63, 3.8) is 0 Å². The van der Waals surface area contributed by atoms with Crippen LogP contribution in [0.4, 0.5) is 0 Å². The molecule has 6 nitrogen and oxygen atoms in total. The molecule has 0 spiro atoms. The summed E-state index contributed by atoms with van der Waals surface area (Å²) in [5.74, 6) is 0.551. The number of nitrogens with one attached hydrogen (secondary N) is 1. The van der Waals surface area contributed by atoms with Crippen molar-refractivity contribution >= 4 is 57.1 Å². The summed E-state index contributed by atoms with van der Waals surface area (Å²) in [5, 5.41) is 16.7. The highest BCUT2D eigenvalue weighted by Gasteiger charge is 2.14. The maximum absolute atomic E-state index is 12.6. The fourth-order valence-electron chi connectivity index (χ4n) is 3.47. The van der Waals surface area contributed by atoms with Gasteiger partial charge >= 0.3 is 0 Å². The van der Waals surface area contributed by atoms with Gasteiger partial charge in [0.2, 0.25) is 0 Å². The number of hydrogen-bond donors (Lipinski definition) is 2. The summed E-state index contributed by atoms with van der Waals surface area (Å²) >= 11 is 8.41. The minimum atomic E-state index is -0.510. The van der Waals surface area contributed by atoms with Crippen LogP contribution in [0.3, 0.4) is 0 Å². The van der Waals surface area contributed by atoms with E-state index in [9.17, 15) is 9.90 Å². The van der Waals surface area contributed by atoms with Gasteiger partial charge in [0.25, 0.3) is 5.91 Å². The lowest BCUT2D eigenvalue weighted by Gasteiger charge is -2.15. The largest absolute Gasteiger partial charge is 0.507 e. The fourth-order valence-corrected chi connectivity index (χ4v) is 4.44. The van der Waals surface area contributed by atoms with Crippen LogP contribution in [-0.4, -0.2) is 23.8 Å². The third-order valence-corrected chi connectivity index (χ3v) is 6.32. The van der Waals surface area contributed by atoms with Crippen LogP contribution in [0.2, 0.25) is 5.02 Å². The molecule has 0 aliphatic heterocycles. The molecule has 0 saturated heterocycles. The minimum Gasteiger partial charge on any atom is -0.507 e. The maximum atomic E-state index is 12.6. The predicted octanol–water partition coefficient (Wildman–Crippen LogP) is 6.55. The van der Waals surface area contributed by atoms with Gasteiger partial charge in [-0.3, -0.25) is 4.79 Å². The lowest BCUT2D eigenvalue weighted by Crippen LogP contribution is -2.17. The molecule has 35 heavy (non-hydrogen) atoms. The summed E-state index contributed by atoms with van der Waals surface area (Å²) in [6, 6.07) is 21.9. The second kappa shape index (κ2) is 11.4. The van der Waals surface area contributed by atoms with Crippen LogP contribution in [0.1, 0.15) is 28.4 Å². The molecule has 4 rings (SSSR count). The maximum Gasteiger partial charge on any atom is 0.275 e. The van der Waals surface area contributed by atoms with Crippen molar-refractivity contribution < 1.29 is 19.4 Å². The second-order valence-electron chi connectivity index (χ2n) is 7.56. The third kappa shape index (κ3) is 6.04. The van der Waals surface area contributed by atoms with E-state index in [4.69, 9.17) is 21.1 Å². The molecule has 0 unspecified atom stereocenters. The number of hydrogen-bond acceptors (Lipinski definition) is 5. The molecule has 0 radical (unpaired) electrons. The zero-order valence-electron chi connectivity index (χ0n) is 18.8. The molecule has 0 aliphatic carbocycles. The number of aromatic hydroxyl groups is 1. The molecule has 1 amide bonds. The van der Waals surface area contributed by atoms with E-state index < -0.39 is 5.91 Å². The SMILES string of the molecule is CCOc1cc(C=NNC(=O)c2cc3ccccc3cc2O)cc(I)c1OCc1ccccc1Cl. The van der Waals surface area contributed by atoms with Gasteiger partial charge in [0.15, 0.2) is 11.5 Å². The Morgan fingerprint density at radius 2 is 1.77 bits per heavy atom. The van der Waals surface area contributed by atoms with Crippen LogP contribution < -0.4 is 14.9 Å². The number of carbonyl (C=O) groups excluding carboxylic acids is 1. The molecule has 0 aromatic heterocycles. The highest BCUT2D eigenvalue weighted by Crippen LogP contribution is 2.35. The number of phenolic OH excluding ortho intramolecular Hbond substituents is 1. The van der Waals surface area contributed by atoms with E-state index in [1.54, 1.807) is 18.2 Å². The number of nitrogens with zero attached hydrogens (tertiary/aromatic N) is 1. The number of hydrazone groups is 1. The van der Waals surface area contributed by atoms with E-state index >= 15 is 0 Å². The zero-order chi connectivity index (χ0) is 24.8. The number of ether oxygens (including phenoxy) is 2. The van der Waals surface area contributed by atoms with Crippen molar-refractivity contribution in [2.45, 2.75) is 13.5 Å². The predicted molar refractivity (Wildman–Crippen MR) is 147 cm³/mol. The van der Waals surface area contributed by atoms with Crippen molar-refractivity contribution in [3.8, 4) is 17.2 Å². The molecule has 0 aliphatic rings. The summed E-state index contributed by atoms with van der Waals surface area (Å²) in [6.45, 7) is 2.65. The molecule has 0 fully saturated rings. The van der Waals surface area contributed by atoms with E-state index in [1.165, 1.54) is 6.21 Å². The molecule has 0 bridgehead atoms. The number of fused-ring (bicyclic) bond motifs is 1. The first-order valence-corrected chi connectivity index (χ1v) is 12.3. The average molecular weight is 601 g/mol. The van der Waals surface area contributed by atoms with Crippen molar-refractivity contribution in [2.75, 3.05) is 6.61 Å². The average Bonchev–Trinajstić information content (AvgIpc) is 2.84. The molecule has 4 aromatic carbocycles. The minimum absolute atomic E-state index is 0.107. The molecule has 0 atom stereocenters. The van der Waals surface area contributed by atoms with E-state index in [0.29, 0.717) is 35.3 Å². The van der Waals surface area contributed by atoms with Crippen LogP contribution in [0.5, 0.6) is 17.2 Å². The molecule has 178 valence electrons. The van der Waals surface area contributed by atoms with Crippen LogP contribution >= 0.6 is 34.2 Å². The summed E-state index contributed by atoms with van der Waals surface area (Å²) in [4.78, 5) is 12.6. The Labute approximate surface area is 221 Å². The van der Waals surface area contributed by atoms with Gasteiger partial charge in [-0.25, -0.2) is 5.43 Å². The van der Waals surface area contributed by atoms with Gasteiger partial charge in [-0.05, 0) is 76.2 Å². The fraction of sp³-hybridized carbons (Fsp3) is 0.111. The van der Waals surface area contributed by atoms with Crippen LogP contribution in [0.15, 0.2) is 77.9 Å². The van der Waals surface area contributed by atoms with Gasteiger partial charge in [-0.2, -0.15) is 5.10 Å². The Kier molecular flexibility index (Phi) is 8.09. The molecule has 0 saturated carbocycles. The number of carbonyl (C=O) groups is 1. The normalized spacial score (nSPS) is 11.1. The number of amides is 1. The molecule has 8 heteroatoms. The van der Waals surface area contributed by atoms with Crippen LogP contribution in [-0.2, 0) is 6.61 Å². The highest BCUT2D eigenvalue weighted by molar-refractivity contribution is 14.1. The van der Waals surface area contributed by atoms with Gasteiger partial charge in [0, 0.05) is 10.6 Å². The van der Waals surface area contributed by atoms with Crippen molar-refractivity contribution in [3.05, 3.63) is 98.1 Å². The summed E-state index contributed by atoms with van der Waals surface area (Å²) in [5.41, 5.74) is 4.21. The van der Waals surface area contributed by atoms with Gasteiger partial charge < -0.3 is 14.6 Å². The third-order valence-electron chi connectivity index (χ3n) is 5.15. The van der Waals surface area contributed by atoms with E-state index in [0.717, 1.165) is 19.9 Å². The second-order valence-corrected chi connectivity index (χ2v) is 9.13. The Balaban J connectivity index is 1.50. The van der Waals surface area contributed by atoms with E-state index in [2.05, 4.69) is 33.1 Å². The molecular weight excluding hydrogens is 579 g/mol. The van der Waals surface area contributed by atoms with Crippen molar-refractivity contribution in [2.24, 2.45) is 5.10 Å². The molecule has 0 heterocycles. The van der Waals surface area contributed by atoms with E-state index in [-0.39, 0.29) is 11.3 Å². The Bertz CT molecular complexity index is 1410. The van der Waals surface area contributed by atoms with Gasteiger partial charge in [0.1, 0.15) is 12.4 Å². The van der Waals surface area contributed by atoms with Gasteiger partial charge in [-0.1, -0.05) is 54.1 Å². The van der Waals surface area contributed by atoms with Crippen molar-refractivity contribution in [1.29, 1.82) is 0 Å². The van der Waals surface area contributed by atoms with Gasteiger partial charge in [0.05, 0.1) is 22.0 Å². The number of halogens is 2.